The maximum absolute atomic E-state index is 12.5. The lowest BCUT2D eigenvalue weighted by Crippen LogP contribution is -2.40. The first-order valence-electron chi connectivity index (χ1n) is 11.4. The van der Waals surface area contributed by atoms with E-state index in [1.807, 2.05) is 73.9 Å². The van der Waals surface area contributed by atoms with Crippen LogP contribution in [0.25, 0.3) is 16.6 Å². The van der Waals surface area contributed by atoms with Crippen molar-refractivity contribution in [1.82, 2.24) is 24.9 Å². The second kappa shape index (κ2) is 8.44. The highest BCUT2D eigenvalue weighted by Crippen LogP contribution is 2.45. The highest BCUT2D eigenvalue weighted by molar-refractivity contribution is 5.88. The van der Waals surface area contributed by atoms with Gasteiger partial charge in [-0.15, -0.1) is 0 Å². The molecule has 8 nitrogen and oxygen atoms in total. The van der Waals surface area contributed by atoms with E-state index in [4.69, 9.17) is 14.8 Å². The van der Waals surface area contributed by atoms with E-state index in [1.165, 1.54) is 0 Å². The molecule has 1 aliphatic rings. The molecule has 1 saturated carbocycles. The van der Waals surface area contributed by atoms with Crippen LogP contribution >= 0.6 is 0 Å². The largest absolute Gasteiger partial charge is 0.444 e. The fourth-order valence-corrected chi connectivity index (χ4v) is 3.91. The van der Waals surface area contributed by atoms with E-state index in [9.17, 15) is 4.79 Å². The molecule has 1 aliphatic carbocycles. The van der Waals surface area contributed by atoms with Gasteiger partial charge in [0, 0.05) is 18.0 Å². The number of nitrogens with one attached hydrogen (secondary N) is 2. The molecule has 34 heavy (non-hydrogen) atoms. The third-order valence-electron chi connectivity index (χ3n) is 5.68. The van der Waals surface area contributed by atoms with Crippen molar-refractivity contribution < 1.29 is 9.53 Å². The molecule has 8 heteroatoms. The number of hydrogen-bond acceptors (Lipinski definition) is 6. The molecule has 0 spiro atoms. The van der Waals surface area contributed by atoms with Crippen LogP contribution in [0, 0.1) is 0 Å². The maximum Gasteiger partial charge on any atom is 0.408 e. The minimum Gasteiger partial charge on any atom is -0.444 e. The van der Waals surface area contributed by atoms with E-state index in [0.29, 0.717) is 18.2 Å². The summed E-state index contributed by atoms with van der Waals surface area (Å²) in [6, 6.07) is 18.0. The number of carbonyl (C=O) groups is 1. The highest BCUT2D eigenvalue weighted by atomic mass is 16.6. The first kappa shape index (κ1) is 21.9. The van der Waals surface area contributed by atoms with Crippen molar-refractivity contribution in [3.8, 4) is 11.1 Å². The number of alkyl carbamates (subject to hydrolysis) is 1. The van der Waals surface area contributed by atoms with Gasteiger partial charge in [-0.1, -0.05) is 36.4 Å². The maximum atomic E-state index is 12.5. The van der Waals surface area contributed by atoms with Crippen molar-refractivity contribution in [2.45, 2.75) is 51.3 Å². The van der Waals surface area contributed by atoms with Gasteiger partial charge in [0.05, 0.1) is 12.2 Å². The number of aromatic nitrogens is 4. The van der Waals surface area contributed by atoms with Crippen molar-refractivity contribution in [1.29, 1.82) is 0 Å². The Morgan fingerprint density at radius 1 is 1.09 bits per heavy atom. The van der Waals surface area contributed by atoms with Crippen LogP contribution in [0.2, 0.25) is 0 Å². The summed E-state index contributed by atoms with van der Waals surface area (Å²) in [4.78, 5) is 21.8. The Morgan fingerprint density at radius 3 is 2.53 bits per heavy atom. The van der Waals surface area contributed by atoms with Gasteiger partial charge in [-0.3, -0.25) is 4.98 Å². The van der Waals surface area contributed by atoms with E-state index >= 15 is 0 Å². The molecular formula is C26H28N6O2. The number of carbonyl (C=O) groups excluding carboxylic acids is 1. The third-order valence-corrected chi connectivity index (χ3v) is 5.68. The molecule has 0 atom stereocenters. The topological polar surface area (TPSA) is 93.4 Å². The highest BCUT2D eigenvalue weighted by Gasteiger charge is 2.50. The summed E-state index contributed by atoms with van der Waals surface area (Å²) in [5.74, 6) is 1.25. The van der Waals surface area contributed by atoms with Gasteiger partial charge < -0.3 is 15.4 Å². The number of anilines is 1. The van der Waals surface area contributed by atoms with E-state index < -0.39 is 17.2 Å². The lowest BCUT2D eigenvalue weighted by atomic mass is 10.1. The monoisotopic (exact) mass is 456 g/mol. The van der Waals surface area contributed by atoms with E-state index in [2.05, 4.69) is 27.8 Å². The van der Waals surface area contributed by atoms with Gasteiger partial charge in [-0.05, 0) is 57.4 Å². The summed E-state index contributed by atoms with van der Waals surface area (Å²) < 4.78 is 7.32. The molecule has 0 radical (unpaired) electrons. The molecule has 1 aromatic carbocycles. The third kappa shape index (κ3) is 4.57. The van der Waals surface area contributed by atoms with Crippen LogP contribution in [-0.4, -0.2) is 31.3 Å². The normalized spacial score (nSPS) is 14.6. The van der Waals surface area contributed by atoms with Crippen molar-refractivity contribution in [3.05, 3.63) is 78.5 Å². The standard InChI is InChI=1S/C26H28N6O2/c1-25(2,3)34-24(33)30-26(13-14-26)23-29-22(28-17-19-11-7-8-15-27-19)21-20(12-16-32(21)31-23)18-9-5-4-6-10-18/h4-12,15-16H,13-14,17H2,1-3H3,(H,30,33)(H,28,29,31). The number of nitrogens with zero attached hydrogens (tertiary/aromatic N) is 4. The number of hydrogen-bond donors (Lipinski definition) is 2. The fourth-order valence-electron chi connectivity index (χ4n) is 3.91. The Bertz CT molecular complexity index is 1310. The number of fused-ring (bicyclic) bond motifs is 1. The van der Waals surface area contributed by atoms with Crippen molar-refractivity contribution >= 4 is 17.4 Å². The minimum atomic E-state index is -0.630. The van der Waals surface area contributed by atoms with Crippen LogP contribution in [0.5, 0.6) is 0 Å². The number of benzene rings is 1. The van der Waals surface area contributed by atoms with Crippen molar-refractivity contribution in [2.75, 3.05) is 5.32 Å². The average molecular weight is 457 g/mol. The predicted molar refractivity (Wildman–Crippen MR) is 130 cm³/mol. The quantitative estimate of drug-likeness (QED) is 0.428. The molecule has 0 saturated heterocycles. The van der Waals surface area contributed by atoms with Gasteiger partial charge in [-0.25, -0.2) is 14.3 Å². The molecule has 1 fully saturated rings. The van der Waals surface area contributed by atoms with Gasteiger partial charge in [0.15, 0.2) is 11.6 Å². The molecule has 3 heterocycles. The molecular weight excluding hydrogens is 428 g/mol. The summed E-state index contributed by atoms with van der Waals surface area (Å²) in [7, 11) is 0. The zero-order valence-electron chi connectivity index (χ0n) is 19.6. The molecule has 5 rings (SSSR count). The molecule has 3 aromatic heterocycles. The molecule has 2 N–H and O–H groups in total. The predicted octanol–water partition coefficient (Wildman–Crippen LogP) is 4.92. The molecule has 1 amide bonds. The summed E-state index contributed by atoms with van der Waals surface area (Å²) in [6.07, 6.45) is 4.75. The van der Waals surface area contributed by atoms with Gasteiger partial charge >= 0.3 is 6.09 Å². The van der Waals surface area contributed by atoms with Gasteiger partial charge in [0.2, 0.25) is 0 Å². The van der Waals surface area contributed by atoms with Crippen LogP contribution < -0.4 is 10.6 Å². The Morgan fingerprint density at radius 2 is 1.85 bits per heavy atom. The molecule has 4 aromatic rings. The fraction of sp³-hybridized carbons (Fsp3) is 0.308. The lowest BCUT2D eigenvalue weighted by Gasteiger charge is -2.23. The van der Waals surface area contributed by atoms with Crippen LogP contribution in [0.1, 0.15) is 45.1 Å². The SMILES string of the molecule is CC(C)(C)OC(=O)NC1(c2nc(NCc3ccccn3)c3c(-c4ccccc4)ccn3n2)CC1. The Kier molecular flexibility index (Phi) is 5.43. The van der Waals surface area contributed by atoms with Gasteiger partial charge in [0.25, 0.3) is 0 Å². The lowest BCUT2D eigenvalue weighted by molar-refractivity contribution is 0.0492. The zero-order chi connectivity index (χ0) is 23.8. The molecule has 174 valence electrons. The summed E-state index contributed by atoms with van der Waals surface area (Å²) >= 11 is 0. The van der Waals surface area contributed by atoms with E-state index in [0.717, 1.165) is 35.2 Å². The number of amides is 1. The Hall–Kier alpha value is -3.94. The summed E-state index contributed by atoms with van der Waals surface area (Å²) in [5.41, 5.74) is 2.68. The van der Waals surface area contributed by atoms with Crippen molar-refractivity contribution in [3.63, 3.8) is 0 Å². The van der Waals surface area contributed by atoms with E-state index in [1.54, 1.807) is 6.20 Å². The number of ether oxygens (including phenoxy) is 1. The zero-order valence-corrected chi connectivity index (χ0v) is 19.6. The number of pyridine rings is 1. The summed E-state index contributed by atoms with van der Waals surface area (Å²) in [6.45, 7) is 6.05. The van der Waals surface area contributed by atoms with Crippen LogP contribution in [-0.2, 0) is 16.8 Å². The first-order chi connectivity index (χ1) is 16.3. The van der Waals surface area contributed by atoms with E-state index in [-0.39, 0.29) is 0 Å². The Labute approximate surface area is 198 Å². The summed E-state index contributed by atoms with van der Waals surface area (Å²) in [5, 5.41) is 11.3. The average Bonchev–Trinajstić information content (AvgIpc) is 3.46. The minimum absolute atomic E-state index is 0.464. The molecule has 0 aliphatic heterocycles. The Balaban J connectivity index is 1.53. The first-order valence-corrected chi connectivity index (χ1v) is 11.4. The second-order valence-electron chi connectivity index (χ2n) is 9.56. The van der Waals surface area contributed by atoms with Crippen LogP contribution in [0.4, 0.5) is 10.6 Å². The smallest absolute Gasteiger partial charge is 0.408 e. The van der Waals surface area contributed by atoms with Crippen molar-refractivity contribution in [2.24, 2.45) is 0 Å². The number of rotatable bonds is 6. The second-order valence-corrected chi connectivity index (χ2v) is 9.56. The van der Waals surface area contributed by atoms with Crippen LogP contribution in [0.3, 0.4) is 0 Å². The van der Waals surface area contributed by atoms with Gasteiger partial charge in [0.1, 0.15) is 16.7 Å². The van der Waals surface area contributed by atoms with Gasteiger partial charge in [-0.2, -0.15) is 5.10 Å². The molecule has 0 unspecified atom stereocenters. The van der Waals surface area contributed by atoms with Crippen LogP contribution in [0.15, 0.2) is 67.0 Å². The molecule has 0 bridgehead atoms.